The number of allylic oxidation sites excluding steroid dienone is 1. The maximum Gasteiger partial charge on any atom is 0.407 e. The number of alkyl carbamates (subject to hydrolysis) is 1. The van der Waals surface area contributed by atoms with Crippen molar-refractivity contribution in [2.45, 2.75) is 52.6 Å². The molecule has 14 heteroatoms. The molecule has 0 unspecified atom stereocenters. The van der Waals surface area contributed by atoms with Gasteiger partial charge in [-0.1, -0.05) is 11.2 Å². The van der Waals surface area contributed by atoms with Gasteiger partial charge in [-0.3, -0.25) is 15.5 Å². The molecular weight excluding hydrogens is 439 g/mol. The number of amides is 2. The molecular formula is C19H33FN8O5. The lowest BCUT2D eigenvalue weighted by Crippen LogP contribution is -2.44. The number of hydrogen-bond acceptors (Lipinski definition) is 11. The van der Waals surface area contributed by atoms with Crippen molar-refractivity contribution in [1.29, 1.82) is 0 Å². The van der Waals surface area contributed by atoms with Gasteiger partial charge in [-0.25, -0.2) is 19.5 Å². The fraction of sp³-hybridized carbons (Fsp3) is 0.632. The van der Waals surface area contributed by atoms with Crippen molar-refractivity contribution in [3.05, 3.63) is 11.9 Å². The van der Waals surface area contributed by atoms with Gasteiger partial charge in [-0.2, -0.15) is 0 Å². The first-order chi connectivity index (χ1) is 15.4. The Morgan fingerprint density at radius 1 is 1.36 bits per heavy atom. The zero-order valence-electron chi connectivity index (χ0n) is 19.8. The maximum atomic E-state index is 13.9. The van der Waals surface area contributed by atoms with Gasteiger partial charge in [-0.05, 0) is 40.5 Å². The van der Waals surface area contributed by atoms with Gasteiger partial charge in [0.05, 0.1) is 6.54 Å². The zero-order chi connectivity index (χ0) is 25.0. The lowest BCUT2D eigenvalue weighted by Gasteiger charge is -2.24. The summed E-state index contributed by atoms with van der Waals surface area (Å²) in [6, 6.07) is 0. The van der Waals surface area contributed by atoms with Gasteiger partial charge in [0.2, 0.25) is 11.9 Å². The van der Waals surface area contributed by atoms with E-state index in [4.69, 9.17) is 4.74 Å². The van der Waals surface area contributed by atoms with Gasteiger partial charge in [0, 0.05) is 20.5 Å². The summed E-state index contributed by atoms with van der Waals surface area (Å²) in [5, 5.41) is 13.8. The fourth-order valence-corrected chi connectivity index (χ4v) is 2.33. The molecule has 2 aliphatic rings. The minimum absolute atomic E-state index is 0.0312. The number of oxime groups is 1. The Labute approximate surface area is 192 Å². The van der Waals surface area contributed by atoms with E-state index < -0.39 is 5.97 Å². The third-order valence-electron chi connectivity index (χ3n) is 3.82. The summed E-state index contributed by atoms with van der Waals surface area (Å²) in [4.78, 5) is 39.3. The minimum atomic E-state index is -0.520. The summed E-state index contributed by atoms with van der Waals surface area (Å²) in [7, 11) is 3.23. The van der Waals surface area contributed by atoms with Gasteiger partial charge in [0.1, 0.15) is 23.8 Å². The van der Waals surface area contributed by atoms with Crippen LogP contribution >= 0.6 is 0 Å². The minimum Gasteiger partial charge on any atom is -0.444 e. The molecule has 0 aromatic rings. The van der Waals surface area contributed by atoms with E-state index in [2.05, 4.69) is 36.7 Å². The number of unbranched alkanes of at least 4 members (excludes halogenated alkanes) is 1. The Morgan fingerprint density at radius 2 is 2.06 bits per heavy atom. The van der Waals surface area contributed by atoms with E-state index in [1.54, 1.807) is 14.0 Å². The highest BCUT2D eigenvalue weighted by Crippen LogP contribution is 2.09. The van der Waals surface area contributed by atoms with Gasteiger partial charge in [-0.15, -0.1) is 10.2 Å². The number of carbonyl (C=O) groups excluding carboxylic acids is 3. The van der Waals surface area contributed by atoms with Crippen molar-refractivity contribution in [3.8, 4) is 0 Å². The Balaban J connectivity index is 0.000000513. The molecule has 2 amide bonds. The molecule has 13 nitrogen and oxygen atoms in total. The number of hydrogen-bond donors (Lipinski definition) is 4. The number of guanidine groups is 1. The average molecular weight is 473 g/mol. The number of nitrogens with zero attached hydrogens (tertiary/aromatic N) is 4. The van der Waals surface area contributed by atoms with Crippen molar-refractivity contribution in [3.63, 3.8) is 0 Å². The molecule has 0 bridgehead atoms. The lowest BCUT2D eigenvalue weighted by molar-refractivity contribution is -0.145. The molecule has 0 aromatic carbocycles. The molecule has 0 saturated carbocycles. The first-order valence-corrected chi connectivity index (χ1v) is 10.3. The molecule has 2 heterocycles. The van der Waals surface area contributed by atoms with Crippen molar-refractivity contribution in [2.75, 3.05) is 27.2 Å². The van der Waals surface area contributed by atoms with E-state index in [0.717, 1.165) is 0 Å². The number of amidine groups is 1. The van der Waals surface area contributed by atoms with Crippen LogP contribution in [0.25, 0.3) is 0 Å². The topological polar surface area (TPSA) is 149 Å². The van der Waals surface area contributed by atoms with Gasteiger partial charge < -0.3 is 19.8 Å². The standard InChI is InChI=1S/C13H20FN7O3.C6H13NO2/c1-9-18-24-12(23)8-21(9)7-10(14)5-3-4-6-11(22)15-13-16-19-20(2)17-13;1-6(2,3)9-5(8)7-4/h5,19H,3-4,6-8H2,1-2H3,(H2,15,16,17,22);1-4H3,(H,7,8)/b10-5+;. The summed E-state index contributed by atoms with van der Waals surface area (Å²) < 4.78 is 18.7. The predicted octanol–water partition coefficient (Wildman–Crippen LogP) is 0.685. The van der Waals surface area contributed by atoms with Crippen LogP contribution in [-0.4, -0.2) is 72.6 Å². The highest BCUT2D eigenvalue weighted by Gasteiger charge is 2.20. The molecule has 0 aromatic heterocycles. The molecule has 2 rings (SSSR count). The van der Waals surface area contributed by atoms with Crippen LogP contribution in [0.5, 0.6) is 0 Å². The van der Waals surface area contributed by atoms with Crippen LogP contribution in [0, 0.1) is 0 Å². The second-order valence-electron chi connectivity index (χ2n) is 8.03. The number of hydrazine groups is 2. The first kappa shape index (κ1) is 27.6. The smallest absolute Gasteiger partial charge is 0.407 e. The Kier molecular flexibility index (Phi) is 11.0. The van der Waals surface area contributed by atoms with Crippen molar-refractivity contribution < 1.29 is 28.3 Å². The summed E-state index contributed by atoms with van der Waals surface area (Å²) in [5.41, 5.74) is 4.96. The normalized spacial score (nSPS) is 16.3. The van der Waals surface area contributed by atoms with E-state index in [1.165, 1.54) is 23.1 Å². The van der Waals surface area contributed by atoms with E-state index >= 15 is 0 Å². The van der Waals surface area contributed by atoms with Crippen LogP contribution < -0.4 is 21.6 Å². The number of halogens is 1. The SMILES string of the molecule is CC1=NOC(=O)CN1C/C(F)=C\CCCC(=O)NC1=NNN(C)N1.CNC(=O)OC(C)(C)C. The van der Waals surface area contributed by atoms with Crippen molar-refractivity contribution >= 4 is 29.8 Å². The Hall–Kier alpha value is -3.42. The summed E-state index contributed by atoms with van der Waals surface area (Å²) in [6.45, 7) is 7.02. The quantitative estimate of drug-likeness (QED) is 0.323. The van der Waals surface area contributed by atoms with Crippen molar-refractivity contribution in [1.82, 2.24) is 31.6 Å². The van der Waals surface area contributed by atoms with Gasteiger partial charge in [0.25, 0.3) is 0 Å². The highest BCUT2D eigenvalue weighted by molar-refractivity contribution is 5.97. The second kappa shape index (κ2) is 13.2. The Bertz CT molecular complexity index is 794. The number of carbonyl (C=O) groups is 3. The first-order valence-electron chi connectivity index (χ1n) is 10.3. The van der Waals surface area contributed by atoms with Crippen LogP contribution in [0.2, 0.25) is 0 Å². The number of rotatable bonds is 6. The molecule has 0 spiro atoms. The molecule has 0 aliphatic carbocycles. The number of ether oxygens (including phenoxy) is 1. The molecule has 0 radical (unpaired) electrons. The fourth-order valence-electron chi connectivity index (χ4n) is 2.33. The maximum absolute atomic E-state index is 13.9. The number of hydrazone groups is 1. The van der Waals surface area contributed by atoms with Crippen LogP contribution in [0.4, 0.5) is 9.18 Å². The molecule has 0 saturated heterocycles. The Morgan fingerprint density at radius 3 is 2.61 bits per heavy atom. The van der Waals surface area contributed by atoms with Crippen molar-refractivity contribution in [2.24, 2.45) is 10.3 Å². The molecule has 2 aliphatic heterocycles. The van der Waals surface area contributed by atoms with Crippen LogP contribution in [0.3, 0.4) is 0 Å². The van der Waals surface area contributed by atoms with E-state index in [0.29, 0.717) is 24.6 Å². The van der Waals surface area contributed by atoms with Gasteiger partial charge >= 0.3 is 12.1 Å². The van der Waals surface area contributed by atoms with E-state index in [9.17, 15) is 18.8 Å². The molecule has 4 N–H and O–H groups in total. The predicted molar refractivity (Wildman–Crippen MR) is 119 cm³/mol. The summed E-state index contributed by atoms with van der Waals surface area (Å²) >= 11 is 0. The van der Waals surface area contributed by atoms with Crippen LogP contribution in [0.1, 0.15) is 47.0 Å². The molecule has 0 atom stereocenters. The molecule has 186 valence electrons. The average Bonchev–Trinajstić information content (AvgIpc) is 3.11. The van der Waals surface area contributed by atoms with Crippen LogP contribution in [-0.2, 0) is 19.2 Å². The lowest BCUT2D eigenvalue weighted by atomic mass is 10.2. The second-order valence-corrected chi connectivity index (χ2v) is 8.03. The molecule has 0 fully saturated rings. The van der Waals surface area contributed by atoms with Crippen LogP contribution in [0.15, 0.2) is 22.2 Å². The largest absolute Gasteiger partial charge is 0.444 e. The monoisotopic (exact) mass is 472 g/mol. The van der Waals surface area contributed by atoms with Gasteiger partial charge in [0.15, 0.2) is 0 Å². The molecule has 33 heavy (non-hydrogen) atoms. The van der Waals surface area contributed by atoms with E-state index in [-0.39, 0.29) is 42.9 Å². The third-order valence-corrected chi connectivity index (χ3v) is 3.82. The highest BCUT2D eigenvalue weighted by atomic mass is 19.1. The zero-order valence-corrected chi connectivity index (χ0v) is 19.8. The van der Waals surface area contributed by atoms with E-state index in [1.807, 2.05) is 20.8 Å². The summed E-state index contributed by atoms with van der Waals surface area (Å²) in [5.74, 6) is -0.355. The summed E-state index contributed by atoms with van der Waals surface area (Å²) in [6.07, 6.45) is 2.16. The number of nitrogens with one attached hydrogen (secondary N) is 4. The third kappa shape index (κ3) is 12.3.